The summed E-state index contributed by atoms with van der Waals surface area (Å²) in [5, 5.41) is 0. The van der Waals surface area contributed by atoms with Crippen molar-refractivity contribution in [3.8, 4) is 0 Å². The van der Waals surface area contributed by atoms with Crippen LogP contribution in [0.4, 0.5) is 0 Å². The molecule has 1 fully saturated rings. The molecule has 1 aliphatic carbocycles. The van der Waals surface area contributed by atoms with Crippen molar-refractivity contribution in [2.75, 3.05) is 0 Å². The summed E-state index contributed by atoms with van der Waals surface area (Å²) in [6, 6.07) is 0. The van der Waals surface area contributed by atoms with E-state index in [0.29, 0.717) is 12.2 Å². The summed E-state index contributed by atoms with van der Waals surface area (Å²) in [7, 11) is 0. The second kappa shape index (κ2) is 1.83. The quantitative estimate of drug-likeness (QED) is 0.474. The largest absolute Gasteiger partial charge is 0.340 e. The normalized spacial score (nSPS) is 42.2. The summed E-state index contributed by atoms with van der Waals surface area (Å²) in [5.74, 6) is -0.378. The number of rotatable bonds is 0. The van der Waals surface area contributed by atoms with Crippen LogP contribution in [0.5, 0.6) is 0 Å². The Hall–Kier alpha value is -0.340. The molecule has 0 unspecified atom stereocenters. The van der Waals surface area contributed by atoms with Crippen LogP contribution >= 0.6 is 0 Å². The molecule has 0 radical (unpaired) electrons. The smallest absolute Gasteiger partial charge is 0.208 e. The highest BCUT2D eigenvalue weighted by atomic mass is 16.7. The van der Waals surface area contributed by atoms with Crippen molar-refractivity contribution in [3.05, 3.63) is 12.2 Å². The van der Waals surface area contributed by atoms with Crippen LogP contribution in [0.2, 0.25) is 0 Å². The van der Waals surface area contributed by atoms with Crippen LogP contribution in [0.3, 0.4) is 0 Å². The van der Waals surface area contributed by atoms with E-state index in [1.54, 1.807) is 0 Å². The minimum absolute atomic E-state index is 0.332. The van der Waals surface area contributed by atoms with Gasteiger partial charge in [-0.1, -0.05) is 0 Å². The number of hydrogen-bond acceptors (Lipinski definition) is 2. The van der Waals surface area contributed by atoms with Crippen molar-refractivity contribution in [2.45, 2.75) is 38.3 Å². The van der Waals surface area contributed by atoms with E-state index in [2.05, 4.69) is 13.8 Å². The van der Waals surface area contributed by atoms with Crippen molar-refractivity contribution in [1.29, 1.82) is 0 Å². The molecule has 2 aliphatic rings. The first-order valence-electron chi connectivity index (χ1n) is 3.76. The van der Waals surface area contributed by atoms with Gasteiger partial charge in [0.05, 0.1) is 12.2 Å². The Morgan fingerprint density at radius 2 is 1.70 bits per heavy atom. The van der Waals surface area contributed by atoms with Crippen LogP contribution < -0.4 is 0 Å². The molecule has 10 heavy (non-hydrogen) atoms. The molecule has 2 nitrogen and oxygen atoms in total. The van der Waals surface area contributed by atoms with Crippen LogP contribution in [0.1, 0.15) is 20.3 Å². The monoisotopic (exact) mass is 140 g/mol. The molecule has 0 saturated carbocycles. The van der Waals surface area contributed by atoms with Gasteiger partial charge in [0.25, 0.3) is 0 Å². The van der Waals surface area contributed by atoms with E-state index in [1.807, 2.05) is 12.2 Å². The van der Waals surface area contributed by atoms with E-state index < -0.39 is 0 Å². The Balaban J connectivity index is 2.01. The lowest BCUT2D eigenvalue weighted by atomic mass is 10.2. The summed E-state index contributed by atoms with van der Waals surface area (Å²) in [4.78, 5) is 0. The maximum Gasteiger partial charge on any atom is 0.208 e. The third-order valence-electron chi connectivity index (χ3n) is 1.87. The van der Waals surface area contributed by atoms with E-state index in [4.69, 9.17) is 9.47 Å². The Bertz CT molecular complexity index is 156. The first kappa shape index (κ1) is 6.38. The Labute approximate surface area is 60.8 Å². The van der Waals surface area contributed by atoms with Crippen molar-refractivity contribution in [3.63, 3.8) is 0 Å². The highest BCUT2D eigenvalue weighted by Crippen LogP contribution is 2.37. The third kappa shape index (κ3) is 0.976. The van der Waals surface area contributed by atoms with E-state index in [1.165, 1.54) is 0 Å². The van der Waals surface area contributed by atoms with Gasteiger partial charge in [0.1, 0.15) is 0 Å². The molecule has 0 aromatic carbocycles. The van der Waals surface area contributed by atoms with E-state index in [-0.39, 0.29) is 5.79 Å². The van der Waals surface area contributed by atoms with Gasteiger partial charge in [-0.05, 0) is 32.4 Å². The molecule has 0 bridgehead atoms. The lowest BCUT2D eigenvalue weighted by Crippen LogP contribution is -2.37. The summed E-state index contributed by atoms with van der Waals surface area (Å²) >= 11 is 0. The summed E-state index contributed by atoms with van der Waals surface area (Å²) < 4.78 is 11.0. The van der Waals surface area contributed by atoms with Crippen molar-refractivity contribution >= 4 is 0 Å². The average molecular weight is 140 g/mol. The van der Waals surface area contributed by atoms with Crippen molar-refractivity contribution in [2.24, 2.45) is 0 Å². The zero-order valence-corrected chi connectivity index (χ0v) is 6.33. The molecule has 1 spiro atoms. The fourth-order valence-corrected chi connectivity index (χ4v) is 1.45. The predicted molar refractivity (Wildman–Crippen MR) is 37.6 cm³/mol. The lowest BCUT2D eigenvalue weighted by molar-refractivity contribution is -0.239. The summed E-state index contributed by atoms with van der Waals surface area (Å²) in [6.07, 6.45) is 5.58. The molecule has 0 amide bonds. The molecule has 2 atom stereocenters. The first-order chi connectivity index (χ1) is 4.70. The average Bonchev–Trinajstić information content (AvgIpc) is 2.44. The van der Waals surface area contributed by atoms with Gasteiger partial charge in [0.15, 0.2) is 0 Å². The Morgan fingerprint density at radius 3 is 2.10 bits per heavy atom. The topological polar surface area (TPSA) is 18.5 Å². The van der Waals surface area contributed by atoms with Gasteiger partial charge in [-0.2, -0.15) is 0 Å². The van der Waals surface area contributed by atoms with Crippen LogP contribution in [0.25, 0.3) is 0 Å². The molecule has 56 valence electrons. The van der Waals surface area contributed by atoms with Crippen molar-refractivity contribution < 1.29 is 9.47 Å². The molecule has 1 saturated heterocycles. The molecule has 2 rings (SSSR count). The SMILES string of the molecule is C[C@@H]1C[C@@H](C)OC2(C=C2)O1. The van der Waals surface area contributed by atoms with E-state index in [0.717, 1.165) is 6.42 Å². The van der Waals surface area contributed by atoms with E-state index in [9.17, 15) is 0 Å². The van der Waals surface area contributed by atoms with Gasteiger partial charge in [0, 0.05) is 0 Å². The van der Waals surface area contributed by atoms with Crippen LogP contribution in [-0.4, -0.2) is 18.0 Å². The third-order valence-corrected chi connectivity index (χ3v) is 1.87. The summed E-state index contributed by atoms with van der Waals surface area (Å²) in [5.41, 5.74) is 0. The molecule has 1 aliphatic heterocycles. The number of ether oxygens (including phenoxy) is 2. The second-order valence-electron chi connectivity index (χ2n) is 3.15. The molecule has 0 aromatic rings. The fraction of sp³-hybridized carbons (Fsp3) is 0.750. The minimum Gasteiger partial charge on any atom is -0.340 e. The zero-order chi connectivity index (χ0) is 7.19. The summed E-state index contributed by atoms with van der Waals surface area (Å²) in [6.45, 7) is 4.17. The minimum atomic E-state index is -0.378. The van der Waals surface area contributed by atoms with Gasteiger partial charge < -0.3 is 9.47 Å². The fourth-order valence-electron chi connectivity index (χ4n) is 1.45. The van der Waals surface area contributed by atoms with Gasteiger partial charge in [-0.15, -0.1) is 0 Å². The molecular weight excluding hydrogens is 128 g/mol. The van der Waals surface area contributed by atoms with Crippen molar-refractivity contribution in [1.82, 2.24) is 0 Å². The number of hydrogen-bond donors (Lipinski definition) is 0. The lowest BCUT2D eigenvalue weighted by Gasteiger charge is -2.32. The molecular formula is C8H12O2. The molecule has 1 heterocycles. The molecule has 0 aromatic heterocycles. The highest BCUT2D eigenvalue weighted by Gasteiger charge is 2.43. The van der Waals surface area contributed by atoms with Crippen LogP contribution in [0, 0.1) is 0 Å². The van der Waals surface area contributed by atoms with Gasteiger partial charge >= 0.3 is 0 Å². The van der Waals surface area contributed by atoms with Gasteiger partial charge in [-0.3, -0.25) is 0 Å². The first-order valence-corrected chi connectivity index (χ1v) is 3.76. The van der Waals surface area contributed by atoms with Gasteiger partial charge in [0.2, 0.25) is 5.79 Å². The Morgan fingerprint density at radius 1 is 1.20 bits per heavy atom. The predicted octanol–water partition coefficient (Wildman–Crippen LogP) is 1.47. The van der Waals surface area contributed by atoms with Gasteiger partial charge in [-0.25, -0.2) is 0 Å². The van der Waals surface area contributed by atoms with Crippen LogP contribution in [-0.2, 0) is 9.47 Å². The maximum atomic E-state index is 5.52. The second-order valence-corrected chi connectivity index (χ2v) is 3.15. The highest BCUT2D eigenvalue weighted by molar-refractivity contribution is 5.25. The zero-order valence-electron chi connectivity index (χ0n) is 6.33. The standard InChI is InChI=1S/C8H12O2/c1-6-5-7(2)10-8(9-6)3-4-8/h3-4,6-7H,5H2,1-2H3/t6-,7-/m1/s1. The Kier molecular flexibility index (Phi) is 1.17. The maximum absolute atomic E-state index is 5.52. The molecule has 0 N–H and O–H groups in total. The molecule has 2 heteroatoms. The van der Waals surface area contributed by atoms with E-state index >= 15 is 0 Å². The van der Waals surface area contributed by atoms with Crippen LogP contribution in [0.15, 0.2) is 12.2 Å².